The molecule has 4 unspecified atom stereocenters. The first kappa shape index (κ1) is 20.6. The van der Waals surface area contributed by atoms with E-state index < -0.39 is 0 Å². The summed E-state index contributed by atoms with van der Waals surface area (Å²) >= 11 is 0. The molecule has 1 aromatic rings. The van der Waals surface area contributed by atoms with Gasteiger partial charge in [0, 0.05) is 24.6 Å². The molecule has 0 bridgehead atoms. The molecule has 0 spiro atoms. The number of rotatable bonds is 4. The van der Waals surface area contributed by atoms with Crippen LogP contribution in [0.2, 0.25) is 0 Å². The highest BCUT2D eigenvalue weighted by Crippen LogP contribution is 2.41. The van der Waals surface area contributed by atoms with Gasteiger partial charge in [-0.05, 0) is 58.0 Å². The van der Waals surface area contributed by atoms with Crippen LogP contribution in [-0.4, -0.2) is 57.2 Å². The zero-order valence-electron chi connectivity index (χ0n) is 17.9. The molecule has 0 aliphatic carbocycles. The monoisotopic (exact) mass is 403 g/mol. The highest BCUT2D eigenvalue weighted by atomic mass is 19.1. The molecular formula is C22H34FN5O. The Bertz CT molecular complexity index is 783. The van der Waals surface area contributed by atoms with Crippen LogP contribution in [0.15, 0.2) is 12.1 Å². The summed E-state index contributed by atoms with van der Waals surface area (Å²) in [5.74, 6) is 0.945. The summed E-state index contributed by atoms with van der Waals surface area (Å²) in [7, 11) is 4.06. The van der Waals surface area contributed by atoms with Crippen LogP contribution in [0.1, 0.15) is 37.8 Å². The lowest BCUT2D eigenvalue weighted by Gasteiger charge is -2.41. The Labute approximate surface area is 173 Å². The number of hydrogen-bond donors (Lipinski definition) is 4. The number of ether oxygens (including phenoxy) is 1. The zero-order chi connectivity index (χ0) is 20.5. The van der Waals surface area contributed by atoms with Crippen molar-refractivity contribution in [2.45, 2.75) is 51.6 Å². The van der Waals surface area contributed by atoms with Crippen LogP contribution in [0.25, 0.3) is 5.57 Å². The van der Waals surface area contributed by atoms with Gasteiger partial charge in [0.2, 0.25) is 0 Å². The predicted molar refractivity (Wildman–Crippen MR) is 115 cm³/mol. The minimum Gasteiger partial charge on any atom is -0.492 e. The Morgan fingerprint density at radius 1 is 1.24 bits per heavy atom. The number of likely N-dealkylation sites (N-methyl/N-ethyl adjacent to an activating group) is 1. The quantitative estimate of drug-likeness (QED) is 0.619. The molecule has 1 saturated heterocycles. The molecule has 3 aliphatic heterocycles. The molecule has 3 heterocycles. The lowest BCUT2D eigenvalue weighted by Crippen LogP contribution is -2.67. The lowest BCUT2D eigenvalue weighted by molar-refractivity contribution is 0.176. The number of nitrogens with zero attached hydrogens (tertiary/aromatic N) is 1. The number of anilines is 1. The Hall–Kier alpha value is -1.67. The van der Waals surface area contributed by atoms with Gasteiger partial charge in [-0.25, -0.2) is 4.39 Å². The fraction of sp³-hybridized carbons (Fsp3) is 0.636. The van der Waals surface area contributed by atoms with Crippen LogP contribution in [0.4, 0.5) is 10.1 Å². The number of hydrogen-bond acceptors (Lipinski definition) is 6. The van der Waals surface area contributed by atoms with E-state index in [1.807, 2.05) is 13.1 Å². The van der Waals surface area contributed by atoms with E-state index in [0.717, 1.165) is 49.2 Å². The van der Waals surface area contributed by atoms with Gasteiger partial charge in [0.25, 0.3) is 0 Å². The predicted octanol–water partition coefficient (Wildman–Crippen LogP) is 2.33. The van der Waals surface area contributed by atoms with Gasteiger partial charge in [0.05, 0.1) is 24.0 Å². The van der Waals surface area contributed by atoms with Gasteiger partial charge < -0.3 is 20.3 Å². The fourth-order valence-electron chi connectivity index (χ4n) is 4.60. The third-order valence-electron chi connectivity index (χ3n) is 6.57. The molecule has 1 aromatic carbocycles. The van der Waals surface area contributed by atoms with Gasteiger partial charge >= 0.3 is 0 Å². The van der Waals surface area contributed by atoms with Crippen molar-refractivity contribution in [3.63, 3.8) is 0 Å². The Morgan fingerprint density at radius 2 is 2.07 bits per heavy atom. The Kier molecular flexibility index (Phi) is 6.11. The van der Waals surface area contributed by atoms with Crippen LogP contribution in [0, 0.1) is 11.7 Å². The highest BCUT2D eigenvalue weighted by molar-refractivity contribution is 5.77. The maximum atomic E-state index is 15.8. The number of benzene rings is 1. The van der Waals surface area contributed by atoms with E-state index in [1.165, 1.54) is 0 Å². The zero-order valence-corrected chi connectivity index (χ0v) is 17.9. The second-order valence-electron chi connectivity index (χ2n) is 8.62. The minimum absolute atomic E-state index is 0.157. The summed E-state index contributed by atoms with van der Waals surface area (Å²) in [6.07, 6.45) is 4.83. The van der Waals surface area contributed by atoms with Crippen molar-refractivity contribution in [2.24, 2.45) is 5.92 Å². The van der Waals surface area contributed by atoms with Crippen molar-refractivity contribution >= 4 is 11.3 Å². The number of nitrogens with one attached hydrogen (secondary N) is 4. The summed E-state index contributed by atoms with van der Waals surface area (Å²) in [4.78, 5) is 2.27. The number of allylic oxidation sites excluding steroid dienone is 1. The molecule has 3 aliphatic rings. The average Bonchev–Trinajstić information content (AvgIpc) is 3.05. The van der Waals surface area contributed by atoms with Gasteiger partial charge in [-0.1, -0.05) is 13.0 Å². The highest BCUT2D eigenvalue weighted by Gasteiger charge is 2.32. The van der Waals surface area contributed by atoms with Gasteiger partial charge in [-0.15, -0.1) is 0 Å². The number of halogens is 1. The minimum atomic E-state index is -0.212. The Morgan fingerprint density at radius 3 is 2.86 bits per heavy atom. The van der Waals surface area contributed by atoms with E-state index in [1.54, 1.807) is 0 Å². The van der Waals surface area contributed by atoms with Crippen LogP contribution < -0.4 is 26.0 Å². The maximum Gasteiger partial charge on any atom is 0.157 e. The molecule has 29 heavy (non-hydrogen) atoms. The summed E-state index contributed by atoms with van der Waals surface area (Å²) in [6, 6.07) is 2.22. The van der Waals surface area contributed by atoms with E-state index >= 15 is 4.39 Å². The van der Waals surface area contributed by atoms with Crippen molar-refractivity contribution in [1.82, 2.24) is 20.9 Å². The molecule has 1 fully saturated rings. The topological polar surface area (TPSA) is 60.6 Å². The molecule has 4 rings (SSSR count). The second kappa shape index (κ2) is 8.60. The smallest absolute Gasteiger partial charge is 0.157 e. The molecule has 160 valence electrons. The molecule has 0 aromatic heterocycles. The van der Waals surface area contributed by atoms with Crippen molar-refractivity contribution in [3.8, 4) is 5.75 Å². The Balaban J connectivity index is 1.65. The first-order chi connectivity index (χ1) is 14.0. The first-order valence-corrected chi connectivity index (χ1v) is 10.8. The first-order valence-electron chi connectivity index (χ1n) is 10.8. The molecule has 4 atom stereocenters. The summed E-state index contributed by atoms with van der Waals surface area (Å²) in [5, 5.41) is 13.7. The standard InChI is InChI=1S/C22H34FN5O/c1-13-14(2)25-22(27-21(13)24-3)26-17-12-16-8-11-29-20(16)18(19(17)23)15-6-5-9-28(4)10-7-15/h7,12-14,21-22,24-27H,5-6,8-11H2,1-4H3. The van der Waals surface area contributed by atoms with Gasteiger partial charge in [-0.3, -0.25) is 10.6 Å². The summed E-state index contributed by atoms with van der Waals surface area (Å²) < 4.78 is 21.7. The van der Waals surface area contributed by atoms with Gasteiger partial charge in [-0.2, -0.15) is 0 Å². The van der Waals surface area contributed by atoms with Crippen molar-refractivity contribution in [2.75, 3.05) is 39.1 Å². The third-order valence-corrected chi connectivity index (χ3v) is 6.57. The van der Waals surface area contributed by atoms with Crippen LogP contribution >= 0.6 is 0 Å². The van der Waals surface area contributed by atoms with E-state index in [0.29, 0.717) is 29.8 Å². The van der Waals surface area contributed by atoms with E-state index in [2.05, 4.69) is 53.1 Å². The van der Waals surface area contributed by atoms with E-state index in [-0.39, 0.29) is 18.3 Å². The molecular weight excluding hydrogens is 369 g/mol. The van der Waals surface area contributed by atoms with Crippen LogP contribution in [0.5, 0.6) is 5.75 Å². The van der Waals surface area contributed by atoms with Crippen molar-refractivity contribution < 1.29 is 9.13 Å². The number of fused-ring (bicyclic) bond motifs is 1. The van der Waals surface area contributed by atoms with Crippen LogP contribution in [0.3, 0.4) is 0 Å². The fourth-order valence-corrected chi connectivity index (χ4v) is 4.60. The largest absolute Gasteiger partial charge is 0.492 e. The van der Waals surface area contributed by atoms with Gasteiger partial charge in [0.15, 0.2) is 5.82 Å². The van der Waals surface area contributed by atoms with Crippen molar-refractivity contribution in [1.29, 1.82) is 0 Å². The molecule has 7 heteroatoms. The van der Waals surface area contributed by atoms with Crippen molar-refractivity contribution in [3.05, 3.63) is 29.1 Å². The normalized spacial score (nSPS) is 30.3. The molecule has 0 amide bonds. The molecule has 0 saturated carbocycles. The lowest BCUT2D eigenvalue weighted by atomic mass is 9.95. The summed E-state index contributed by atoms with van der Waals surface area (Å²) in [6.45, 7) is 6.85. The summed E-state index contributed by atoms with van der Waals surface area (Å²) in [5.41, 5.74) is 3.34. The van der Waals surface area contributed by atoms with E-state index in [4.69, 9.17) is 4.74 Å². The average molecular weight is 404 g/mol. The van der Waals surface area contributed by atoms with Gasteiger partial charge in [0.1, 0.15) is 12.0 Å². The molecule has 4 N–H and O–H groups in total. The second-order valence-corrected chi connectivity index (χ2v) is 8.62. The molecule has 6 nitrogen and oxygen atoms in total. The van der Waals surface area contributed by atoms with Crippen LogP contribution in [-0.2, 0) is 6.42 Å². The van der Waals surface area contributed by atoms with E-state index in [9.17, 15) is 0 Å². The maximum absolute atomic E-state index is 15.8. The third kappa shape index (κ3) is 4.14. The SMILES string of the molecule is CNC1NC(Nc2cc3c(c(C4=CCN(C)CCC4)c2F)OCC3)NC(C)C1C. The molecule has 0 radical (unpaired) electrons.